The van der Waals surface area contributed by atoms with Crippen LogP contribution in [0.15, 0.2) is 41.2 Å². The van der Waals surface area contributed by atoms with Crippen LogP contribution in [0.4, 0.5) is 0 Å². The van der Waals surface area contributed by atoms with Crippen molar-refractivity contribution < 1.29 is 14.6 Å². The van der Waals surface area contributed by atoms with E-state index in [1.54, 1.807) is 30.3 Å². The summed E-state index contributed by atoms with van der Waals surface area (Å²) >= 11 is 4.24. The van der Waals surface area contributed by atoms with Crippen molar-refractivity contribution in [2.75, 3.05) is 7.11 Å². The van der Waals surface area contributed by atoms with Crippen LogP contribution in [0.5, 0.6) is 5.75 Å². The van der Waals surface area contributed by atoms with Crippen LogP contribution in [-0.2, 0) is 0 Å². The molecule has 0 spiro atoms. The highest BCUT2D eigenvalue weighted by molar-refractivity contribution is 15.0. The quantitative estimate of drug-likeness (QED) is 0.391. The third-order valence-corrected chi connectivity index (χ3v) is 3.28. The van der Waals surface area contributed by atoms with E-state index >= 15 is 0 Å². The number of fused-ring (bicyclic) bond motifs is 2. The normalized spacial score (nSPS) is 10.1. The number of H-pyrrole nitrogens is 1. The van der Waals surface area contributed by atoms with Gasteiger partial charge in [0, 0.05) is 48.0 Å². The Kier molecular flexibility index (Phi) is 5.62. The topological polar surface area (TPSA) is 79.4 Å². The molecule has 2 N–H and O–H groups in total. The van der Waals surface area contributed by atoms with Crippen LogP contribution in [-0.4, -0.2) is 23.2 Å². The van der Waals surface area contributed by atoms with Gasteiger partial charge < -0.3 is 14.8 Å². The van der Waals surface area contributed by atoms with Gasteiger partial charge in [-0.1, -0.05) is 12.1 Å². The number of aromatic carboxylic acids is 1. The van der Waals surface area contributed by atoms with E-state index in [9.17, 15) is 14.7 Å². The third-order valence-electron chi connectivity index (χ3n) is 3.28. The number of carbonyl (C=O) groups is 1. The van der Waals surface area contributed by atoms with Crippen LogP contribution < -0.4 is 10.2 Å². The Labute approximate surface area is 149 Å². The zero-order valence-corrected chi connectivity index (χ0v) is 15.7. The van der Waals surface area contributed by atoms with Gasteiger partial charge in [-0.2, -0.15) is 0 Å². The minimum Gasteiger partial charge on any atom is -0.495 e. The fraction of sp³-hybridized carbons (Fsp3) is 0.0667. The lowest BCUT2D eigenvalue weighted by Gasteiger charge is -2.08. The molecule has 114 valence electrons. The summed E-state index contributed by atoms with van der Waals surface area (Å²) in [5, 5.41) is 10.0. The lowest BCUT2D eigenvalue weighted by molar-refractivity contribution is 0.0699. The zero-order chi connectivity index (χ0) is 16.3. The number of nitrogens with one attached hydrogen (secondary N) is 1. The number of methoxy groups -OCH3 is 1. The standard InChI is InChI=1S/C15H11NO4.I2/c1-20-11-7-3-5-9-13(11)16-12-8(14(9)17)4-2-6-10(12)15(18)19;1-2/h2-7H,1H3,(H,16,17)(H,18,19);. The van der Waals surface area contributed by atoms with E-state index in [1.807, 2.05) is 0 Å². The number of aromatic nitrogens is 1. The number of para-hydroxylation sites is 2. The first-order chi connectivity index (χ1) is 10.6. The minimum atomic E-state index is -1.08. The van der Waals surface area contributed by atoms with Gasteiger partial charge in [0.25, 0.3) is 0 Å². The summed E-state index contributed by atoms with van der Waals surface area (Å²) in [5.41, 5.74) is 0.659. The van der Waals surface area contributed by atoms with E-state index in [0.717, 1.165) is 0 Å². The molecule has 2 aromatic carbocycles. The number of aromatic amines is 1. The summed E-state index contributed by atoms with van der Waals surface area (Å²) < 4.78 is 5.21. The molecule has 1 aromatic heterocycles. The maximum Gasteiger partial charge on any atom is 0.337 e. The van der Waals surface area contributed by atoms with Crippen LogP contribution in [0.3, 0.4) is 0 Å². The molecule has 0 aliphatic heterocycles. The smallest absolute Gasteiger partial charge is 0.337 e. The van der Waals surface area contributed by atoms with E-state index in [4.69, 9.17) is 4.74 Å². The van der Waals surface area contributed by atoms with Crippen LogP contribution in [0.25, 0.3) is 21.8 Å². The molecule has 0 atom stereocenters. The van der Waals surface area contributed by atoms with Crippen molar-refractivity contribution >= 4 is 65.0 Å². The Hall–Kier alpha value is -1.36. The first-order valence-corrected chi connectivity index (χ1v) is 12.4. The summed E-state index contributed by atoms with van der Waals surface area (Å²) in [5.74, 6) is -0.581. The molecule has 3 rings (SSSR count). The van der Waals surface area contributed by atoms with Crippen molar-refractivity contribution in [2.45, 2.75) is 0 Å². The number of halogens is 2. The number of hydrogen-bond acceptors (Lipinski definition) is 3. The molecule has 0 saturated heterocycles. The highest BCUT2D eigenvalue weighted by Crippen LogP contribution is 2.25. The molecule has 0 aliphatic rings. The van der Waals surface area contributed by atoms with Crippen molar-refractivity contribution in [3.63, 3.8) is 0 Å². The summed E-state index contributed by atoms with van der Waals surface area (Å²) in [6.45, 7) is 0. The first kappa shape index (κ1) is 17.0. The lowest BCUT2D eigenvalue weighted by atomic mass is 10.1. The van der Waals surface area contributed by atoms with Crippen molar-refractivity contribution in [1.82, 2.24) is 4.98 Å². The van der Waals surface area contributed by atoms with Gasteiger partial charge in [0.1, 0.15) is 5.75 Å². The second-order valence-electron chi connectivity index (χ2n) is 4.37. The average molecular weight is 523 g/mol. The van der Waals surface area contributed by atoms with Crippen LogP contribution >= 0.6 is 37.2 Å². The Morgan fingerprint density at radius 2 is 1.68 bits per heavy atom. The molecule has 0 aliphatic carbocycles. The molecule has 1 heterocycles. The number of carboxylic acid groups (broad SMARTS) is 1. The van der Waals surface area contributed by atoms with Gasteiger partial charge in [-0.25, -0.2) is 4.79 Å². The van der Waals surface area contributed by atoms with Crippen molar-refractivity contribution in [3.8, 4) is 5.75 Å². The second-order valence-corrected chi connectivity index (χ2v) is 4.37. The maximum atomic E-state index is 12.5. The van der Waals surface area contributed by atoms with Crippen LogP contribution in [0, 0.1) is 0 Å². The lowest BCUT2D eigenvalue weighted by Crippen LogP contribution is -2.08. The van der Waals surface area contributed by atoms with Gasteiger partial charge in [-0.05, 0) is 24.3 Å². The monoisotopic (exact) mass is 523 g/mol. The van der Waals surface area contributed by atoms with Gasteiger partial charge in [-0.3, -0.25) is 4.79 Å². The predicted molar refractivity (Wildman–Crippen MR) is 104 cm³/mol. The van der Waals surface area contributed by atoms with Gasteiger partial charge >= 0.3 is 5.97 Å². The fourth-order valence-electron chi connectivity index (χ4n) is 2.34. The van der Waals surface area contributed by atoms with E-state index in [0.29, 0.717) is 27.6 Å². The van der Waals surface area contributed by atoms with Crippen molar-refractivity contribution in [3.05, 3.63) is 52.2 Å². The Bertz CT molecular complexity index is 905. The fourth-order valence-corrected chi connectivity index (χ4v) is 2.34. The summed E-state index contributed by atoms with van der Waals surface area (Å²) in [4.78, 5) is 26.7. The summed E-state index contributed by atoms with van der Waals surface area (Å²) in [6.07, 6.45) is 0. The third kappa shape index (κ3) is 2.91. The number of ether oxygens (including phenoxy) is 1. The largest absolute Gasteiger partial charge is 0.495 e. The second kappa shape index (κ2) is 7.27. The van der Waals surface area contributed by atoms with Gasteiger partial charge in [0.2, 0.25) is 0 Å². The van der Waals surface area contributed by atoms with E-state index in [1.165, 1.54) is 13.2 Å². The van der Waals surface area contributed by atoms with Gasteiger partial charge in [0.05, 0.1) is 23.7 Å². The average Bonchev–Trinajstić information content (AvgIpc) is 2.56. The number of rotatable bonds is 2. The number of hydrogen-bond donors (Lipinski definition) is 2. The van der Waals surface area contributed by atoms with Gasteiger partial charge in [-0.15, -0.1) is 0 Å². The van der Waals surface area contributed by atoms with Crippen molar-refractivity contribution in [1.29, 1.82) is 0 Å². The number of benzene rings is 2. The SMILES string of the molecule is COc1cccc2c(=O)c3cccc(C(=O)O)c3[nH]c12.II. The number of pyridine rings is 1. The molecule has 0 unspecified atom stereocenters. The van der Waals surface area contributed by atoms with E-state index in [2.05, 4.69) is 42.2 Å². The Balaban J connectivity index is 0.000000847. The molecule has 0 saturated carbocycles. The van der Waals surface area contributed by atoms with Crippen LogP contribution in [0.1, 0.15) is 10.4 Å². The molecule has 0 radical (unpaired) electrons. The Morgan fingerprint density at radius 1 is 1.09 bits per heavy atom. The molecule has 22 heavy (non-hydrogen) atoms. The minimum absolute atomic E-state index is 0.0624. The Morgan fingerprint density at radius 3 is 2.27 bits per heavy atom. The molecular weight excluding hydrogens is 512 g/mol. The highest BCUT2D eigenvalue weighted by Gasteiger charge is 2.14. The predicted octanol–water partition coefficient (Wildman–Crippen LogP) is 4.16. The van der Waals surface area contributed by atoms with Crippen molar-refractivity contribution in [2.24, 2.45) is 0 Å². The van der Waals surface area contributed by atoms with Gasteiger partial charge in [0.15, 0.2) is 5.43 Å². The molecule has 7 heteroatoms. The maximum absolute atomic E-state index is 12.5. The molecule has 0 amide bonds. The first-order valence-electron chi connectivity index (χ1n) is 6.13. The number of carboxylic acids is 1. The molecule has 3 aromatic rings. The molecule has 0 bridgehead atoms. The molecule has 5 nitrogen and oxygen atoms in total. The van der Waals surface area contributed by atoms with E-state index < -0.39 is 5.97 Å². The van der Waals surface area contributed by atoms with Crippen LogP contribution in [0.2, 0.25) is 0 Å². The molecule has 0 fully saturated rings. The summed E-state index contributed by atoms with van der Waals surface area (Å²) in [6, 6.07) is 9.76. The summed E-state index contributed by atoms with van der Waals surface area (Å²) in [7, 11) is 1.50. The highest BCUT2D eigenvalue weighted by atomic mass is 128. The molecular formula is C15H11I2NO4. The zero-order valence-electron chi connectivity index (χ0n) is 11.4. The van der Waals surface area contributed by atoms with E-state index in [-0.39, 0.29) is 11.0 Å².